The lowest BCUT2D eigenvalue weighted by atomic mass is 9.96. The number of rotatable bonds is 8. The van der Waals surface area contributed by atoms with E-state index in [1.807, 2.05) is 42.5 Å². The molecule has 6 nitrogen and oxygen atoms in total. The number of nitrogens with one attached hydrogen (secondary N) is 2. The van der Waals surface area contributed by atoms with Crippen LogP contribution in [-0.4, -0.2) is 35.7 Å². The van der Waals surface area contributed by atoms with Crippen molar-refractivity contribution in [2.45, 2.75) is 25.7 Å². The first-order valence-corrected chi connectivity index (χ1v) is 10.9. The predicted octanol–water partition coefficient (Wildman–Crippen LogP) is 5.11. The zero-order valence-electron chi connectivity index (χ0n) is 17.3. The Balaban J connectivity index is 1.35. The van der Waals surface area contributed by atoms with Crippen LogP contribution in [-0.2, 0) is 16.0 Å². The SMILES string of the molecule is O=C(CC1CCOCC1)Nc1ccc(Cl)c(CCOc2ccccc2-c2cnc[nH]2)c1. The Morgan fingerprint density at radius 3 is 2.87 bits per heavy atom. The molecular weight excluding hydrogens is 414 g/mol. The molecular formula is C24H26ClN3O3. The summed E-state index contributed by atoms with van der Waals surface area (Å²) in [5, 5.41) is 3.66. The van der Waals surface area contributed by atoms with Gasteiger partial charge >= 0.3 is 0 Å². The lowest BCUT2D eigenvalue weighted by Gasteiger charge is -2.21. The van der Waals surface area contributed by atoms with Gasteiger partial charge in [-0.15, -0.1) is 0 Å². The number of hydrogen-bond acceptors (Lipinski definition) is 4. The van der Waals surface area contributed by atoms with Crippen molar-refractivity contribution in [3.05, 3.63) is 65.6 Å². The standard InChI is InChI=1S/C24H26ClN3O3/c25-21-6-5-19(28-24(29)13-17-7-10-30-11-8-17)14-18(21)9-12-31-23-4-2-1-3-20(23)22-15-26-16-27-22/h1-6,14-17H,7-13H2,(H,26,27)(H,28,29). The number of anilines is 1. The van der Waals surface area contributed by atoms with Gasteiger partial charge in [-0.25, -0.2) is 4.98 Å². The first-order valence-electron chi connectivity index (χ1n) is 10.6. The number of imidazole rings is 1. The number of aromatic amines is 1. The van der Waals surface area contributed by atoms with E-state index < -0.39 is 0 Å². The van der Waals surface area contributed by atoms with E-state index in [4.69, 9.17) is 21.1 Å². The lowest BCUT2D eigenvalue weighted by molar-refractivity contribution is -0.117. The van der Waals surface area contributed by atoms with E-state index in [9.17, 15) is 4.79 Å². The quantitative estimate of drug-likeness (QED) is 0.511. The highest BCUT2D eigenvalue weighted by atomic mass is 35.5. The van der Waals surface area contributed by atoms with E-state index in [1.54, 1.807) is 12.5 Å². The van der Waals surface area contributed by atoms with Gasteiger partial charge in [-0.3, -0.25) is 4.79 Å². The van der Waals surface area contributed by atoms with Crippen molar-refractivity contribution >= 4 is 23.2 Å². The topological polar surface area (TPSA) is 76.2 Å². The Bertz CT molecular complexity index is 1000. The first-order chi connectivity index (χ1) is 15.2. The van der Waals surface area contributed by atoms with Crippen LogP contribution in [0.1, 0.15) is 24.8 Å². The number of nitrogens with zero attached hydrogens (tertiary/aromatic N) is 1. The maximum absolute atomic E-state index is 12.4. The van der Waals surface area contributed by atoms with Crippen LogP contribution in [0.2, 0.25) is 5.02 Å². The minimum absolute atomic E-state index is 0.0323. The molecule has 162 valence electrons. The zero-order chi connectivity index (χ0) is 21.5. The molecule has 31 heavy (non-hydrogen) atoms. The second kappa shape index (κ2) is 10.5. The van der Waals surface area contributed by atoms with E-state index in [0.29, 0.717) is 30.4 Å². The first kappa shape index (κ1) is 21.4. The number of para-hydroxylation sites is 1. The van der Waals surface area contributed by atoms with Crippen molar-refractivity contribution in [2.75, 3.05) is 25.1 Å². The molecule has 0 atom stereocenters. The van der Waals surface area contributed by atoms with Gasteiger partial charge in [-0.05, 0) is 54.7 Å². The van der Waals surface area contributed by atoms with Gasteiger partial charge in [0.25, 0.3) is 0 Å². The van der Waals surface area contributed by atoms with E-state index >= 15 is 0 Å². The fraction of sp³-hybridized carbons (Fsp3) is 0.333. The summed E-state index contributed by atoms with van der Waals surface area (Å²) in [6.45, 7) is 1.95. The van der Waals surface area contributed by atoms with Crippen molar-refractivity contribution in [2.24, 2.45) is 5.92 Å². The molecule has 0 bridgehead atoms. The molecule has 1 aliphatic heterocycles. The van der Waals surface area contributed by atoms with Crippen LogP contribution in [0.4, 0.5) is 5.69 Å². The number of hydrogen-bond donors (Lipinski definition) is 2. The van der Waals surface area contributed by atoms with Crippen LogP contribution >= 0.6 is 11.6 Å². The molecule has 7 heteroatoms. The van der Waals surface area contributed by atoms with Gasteiger partial charge in [0.1, 0.15) is 5.75 Å². The smallest absolute Gasteiger partial charge is 0.224 e. The summed E-state index contributed by atoms with van der Waals surface area (Å²) in [4.78, 5) is 19.6. The second-order valence-corrected chi connectivity index (χ2v) is 8.08. The van der Waals surface area contributed by atoms with Crippen molar-refractivity contribution in [3.8, 4) is 17.0 Å². The van der Waals surface area contributed by atoms with Gasteiger partial charge in [0.15, 0.2) is 0 Å². The van der Waals surface area contributed by atoms with Crippen LogP contribution in [0.15, 0.2) is 55.0 Å². The maximum Gasteiger partial charge on any atom is 0.224 e. The summed E-state index contributed by atoms with van der Waals surface area (Å²) < 4.78 is 11.4. The summed E-state index contributed by atoms with van der Waals surface area (Å²) in [6.07, 6.45) is 6.45. The van der Waals surface area contributed by atoms with E-state index in [1.165, 1.54) is 0 Å². The van der Waals surface area contributed by atoms with Crippen LogP contribution in [0.5, 0.6) is 5.75 Å². The molecule has 2 aromatic carbocycles. The largest absolute Gasteiger partial charge is 0.493 e. The van der Waals surface area contributed by atoms with Gasteiger partial charge in [0, 0.05) is 42.3 Å². The molecule has 2 N–H and O–H groups in total. The van der Waals surface area contributed by atoms with Crippen molar-refractivity contribution in [3.63, 3.8) is 0 Å². The lowest BCUT2D eigenvalue weighted by Crippen LogP contribution is -2.22. The second-order valence-electron chi connectivity index (χ2n) is 7.67. The number of H-pyrrole nitrogens is 1. The van der Waals surface area contributed by atoms with E-state index in [0.717, 1.165) is 54.3 Å². The van der Waals surface area contributed by atoms with E-state index in [-0.39, 0.29) is 5.91 Å². The monoisotopic (exact) mass is 439 g/mol. The van der Waals surface area contributed by atoms with Crippen LogP contribution in [0.25, 0.3) is 11.3 Å². The molecule has 0 saturated carbocycles. The number of benzene rings is 2. The number of halogens is 1. The molecule has 0 aliphatic carbocycles. The van der Waals surface area contributed by atoms with Gasteiger partial charge < -0.3 is 19.8 Å². The molecule has 1 saturated heterocycles. The average molecular weight is 440 g/mol. The number of carbonyl (C=O) groups excluding carboxylic acids is 1. The molecule has 4 rings (SSSR count). The van der Waals surface area contributed by atoms with E-state index in [2.05, 4.69) is 15.3 Å². The molecule has 0 radical (unpaired) electrons. The van der Waals surface area contributed by atoms with Gasteiger partial charge in [0.05, 0.1) is 24.8 Å². The minimum atomic E-state index is 0.0323. The fourth-order valence-electron chi connectivity index (χ4n) is 3.76. The normalized spacial score (nSPS) is 14.4. The van der Waals surface area contributed by atoms with Crippen LogP contribution < -0.4 is 10.1 Å². The number of amides is 1. The number of aromatic nitrogens is 2. The Morgan fingerprint density at radius 1 is 1.23 bits per heavy atom. The molecule has 1 fully saturated rings. The minimum Gasteiger partial charge on any atom is -0.493 e. The third-order valence-corrected chi connectivity index (χ3v) is 5.82. The molecule has 0 spiro atoms. The van der Waals surface area contributed by atoms with Gasteiger partial charge in [0.2, 0.25) is 5.91 Å². The van der Waals surface area contributed by atoms with Crippen LogP contribution in [0, 0.1) is 5.92 Å². The number of ether oxygens (including phenoxy) is 2. The summed E-state index contributed by atoms with van der Waals surface area (Å²) >= 11 is 6.39. The van der Waals surface area contributed by atoms with Crippen molar-refractivity contribution in [1.82, 2.24) is 9.97 Å². The molecule has 2 heterocycles. The van der Waals surface area contributed by atoms with Gasteiger partial charge in [-0.1, -0.05) is 23.7 Å². The molecule has 3 aromatic rings. The number of carbonyl (C=O) groups is 1. The Hall–Kier alpha value is -2.83. The third kappa shape index (κ3) is 5.87. The zero-order valence-corrected chi connectivity index (χ0v) is 18.0. The molecule has 1 aromatic heterocycles. The highest BCUT2D eigenvalue weighted by molar-refractivity contribution is 6.31. The maximum atomic E-state index is 12.4. The molecule has 0 unspecified atom stereocenters. The van der Waals surface area contributed by atoms with Crippen molar-refractivity contribution in [1.29, 1.82) is 0 Å². The van der Waals surface area contributed by atoms with Crippen molar-refractivity contribution < 1.29 is 14.3 Å². The Labute approximate surface area is 186 Å². The predicted molar refractivity (Wildman–Crippen MR) is 121 cm³/mol. The summed E-state index contributed by atoms with van der Waals surface area (Å²) in [5.41, 5.74) is 3.56. The average Bonchev–Trinajstić information content (AvgIpc) is 3.32. The summed E-state index contributed by atoms with van der Waals surface area (Å²) in [6, 6.07) is 13.4. The van der Waals surface area contributed by atoms with Crippen LogP contribution in [0.3, 0.4) is 0 Å². The molecule has 1 amide bonds. The Kier molecular flexibility index (Phi) is 7.22. The highest BCUT2D eigenvalue weighted by Crippen LogP contribution is 2.28. The molecule has 1 aliphatic rings. The summed E-state index contributed by atoms with van der Waals surface area (Å²) in [7, 11) is 0. The third-order valence-electron chi connectivity index (χ3n) is 5.45. The fourth-order valence-corrected chi connectivity index (χ4v) is 3.97. The highest BCUT2D eigenvalue weighted by Gasteiger charge is 2.17. The van der Waals surface area contributed by atoms with Gasteiger partial charge in [-0.2, -0.15) is 0 Å². The Morgan fingerprint density at radius 2 is 2.06 bits per heavy atom. The summed E-state index contributed by atoms with van der Waals surface area (Å²) in [5.74, 6) is 1.21.